The highest BCUT2D eigenvalue weighted by molar-refractivity contribution is 5.02. The molecule has 0 aromatic heterocycles. The van der Waals surface area contributed by atoms with E-state index >= 15 is 0 Å². The van der Waals surface area contributed by atoms with Crippen molar-refractivity contribution in [1.82, 2.24) is 5.43 Å². The highest BCUT2D eigenvalue weighted by atomic mass is 16.5. The number of ether oxygens (including phenoxy) is 2. The first kappa shape index (κ1) is 14.3. The van der Waals surface area contributed by atoms with Gasteiger partial charge in [0.25, 0.3) is 0 Å². The van der Waals surface area contributed by atoms with Gasteiger partial charge in [0.2, 0.25) is 0 Å². The van der Waals surface area contributed by atoms with Gasteiger partial charge in [-0.05, 0) is 47.5 Å². The predicted molar refractivity (Wildman–Crippen MR) is 72.0 cm³/mol. The minimum absolute atomic E-state index is 0.0635. The lowest BCUT2D eigenvalue weighted by atomic mass is 9.75. The van der Waals surface area contributed by atoms with E-state index < -0.39 is 0 Å². The molecule has 3 N–H and O–H groups in total. The van der Waals surface area contributed by atoms with Crippen LogP contribution in [-0.4, -0.2) is 30.0 Å². The molecule has 0 aliphatic carbocycles. The van der Waals surface area contributed by atoms with Crippen LogP contribution in [0.3, 0.4) is 0 Å². The summed E-state index contributed by atoms with van der Waals surface area (Å²) in [7, 11) is 0. The molecular weight excluding hydrogens is 228 g/mol. The summed E-state index contributed by atoms with van der Waals surface area (Å²) in [6.07, 6.45) is 2.41. The zero-order valence-corrected chi connectivity index (χ0v) is 12.3. The third kappa shape index (κ3) is 2.57. The Morgan fingerprint density at radius 2 is 1.94 bits per heavy atom. The molecule has 2 fully saturated rings. The molecule has 0 aromatic carbocycles. The van der Waals surface area contributed by atoms with Crippen LogP contribution in [0.4, 0.5) is 0 Å². The number of hydrogen-bond donors (Lipinski definition) is 2. The molecule has 0 aromatic rings. The molecule has 0 saturated carbocycles. The van der Waals surface area contributed by atoms with E-state index in [0.29, 0.717) is 11.8 Å². The molecule has 2 heterocycles. The van der Waals surface area contributed by atoms with Gasteiger partial charge in [-0.1, -0.05) is 0 Å². The van der Waals surface area contributed by atoms with E-state index in [4.69, 9.17) is 15.3 Å². The van der Waals surface area contributed by atoms with Gasteiger partial charge in [0.1, 0.15) is 0 Å². The van der Waals surface area contributed by atoms with Crippen LogP contribution in [0.25, 0.3) is 0 Å². The zero-order valence-electron chi connectivity index (χ0n) is 12.3. The van der Waals surface area contributed by atoms with Crippen molar-refractivity contribution < 1.29 is 9.47 Å². The molecule has 4 nitrogen and oxygen atoms in total. The second-order valence-corrected chi connectivity index (χ2v) is 7.00. The van der Waals surface area contributed by atoms with Crippen LogP contribution in [0.1, 0.15) is 47.5 Å². The maximum atomic E-state index is 6.19. The van der Waals surface area contributed by atoms with Gasteiger partial charge in [-0.3, -0.25) is 11.3 Å². The SMILES string of the molecule is CC1OCCC1C(NN)C1CC(C)(C)OC1(C)C. The maximum absolute atomic E-state index is 6.19. The van der Waals surface area contributed by atoms with E-state index in [1.807, 2.05) is 0 Å². The standard InChI is InChI=1S/C14H28N2O2/c1-9-10(6-7-17-9)12(16-15)11-8-13(2,3)18-14(11,4)5/h9-12,16H,6-8,15H2,1-5H3. The van der Waals surface area contributed by atoms with Gasteiger partial charge in [-0.15, -0.1) is 0 Å². The molecule has 0 spiro atoms. The molecule has 2 saturated heterocycles. The molecule has 18 heavy (non-hydrogen) atoms. The summed E-state index contributed by atoms with van der Waals surface area (Å²) in [5, 5.41) is 0. The van der Waals surface area contributed by atoms with Crippen molar-refractivity contribution in [2.45, 2.75) is 70.8 Å². The van der Waals surface area contributed by atoms with Gasteiger partial charge in [-0.25, -0.2) is 0 Å². The van der Waals surface area contributed by atoms with Crippen LogP contribution < -0.4 is 11.3 Å². The van der Waals surface area contributed by atoms with Gasteiger partial charge >= 0.3 is 0 Å². The molecule has 0 radical (unpaired) electrons. The van der Waals surface area contributed by atoms with E-state index in [9.17, 15) is 0 Å². The van der Waals surface area contributed by atoms with E-state index in [2.05, 4.69) is 40.0 Å². The zero-order chi connectivity index (χ0) is 13.6. The topological polar surface area (TPSA) is 56.5 Å². The van der Waals surface area contributed by atoms with Gasteiger partial charge in [0, 0.05) is 24.5 Å². The summed E-state index contributed by atoms with van der Waals surface area (Å²) >= 11 is 0. The number of nitrogens with two attached hydrogens (primary N) is 1. The van der Waals surface area contributed by atoms with Gasteiger partial charge in [-0.2, -0.15) is 0 Å². The first-order chi connectivity index (χ1) is 8.27. The highest BCUT2D eigenvalue weighted by Gasteiger charge is 2.51. The van der Waals surface area contributed by atoms with E-state index in [1.165, 1.54) is 0 Å². The smallest absolute Gasteiger partial charge is 0.0678 e. The Morgan fingerprint density at radius 1 is 1.28 bits per heavy atom. The minimum atomic E-state index is -0.136. The molecule has 4 atom stereocenters. The second-order valence-electron chi connectivity index (χ2n) is 7.00. The first-order valence-corrected chi connectivity index (χ1v) is 7.05. The Hall–Kier alpha value is -0.160. The number of rotatable bonds is 3. The number of hydrazine groups is 1. The van der Waals surface area contributed by atoms with Crippen LogP contribution in [0.5, 0.6) is 0 Å². The van der Waals surface area contributed by atoms with Crippen LogP contribution in [-0.2, 0) is 9.47 Å². The van der Waals surface area contributed by atoms with E-state index in [1.54, 1.807) is 0 Å². The summed E-state index contributed by atoms with van der Waals surface area (Å²) < 4.78 is 11.9. The van der Waals surface area contributed by atoms with Gasteiger partial charge in [0.15, 0.2) is 0 Å². The third-order valence-corrected chi connectivity index (χ3v) is 4.67. The highest BCUT2D eigenvalue weighted by Crippen LogP contribution is 2.46. The monoisotopic (exact) mass is 256 g/mol. The fraction of sp³-hybridized carbons (Fsp3) is 1.00. The predicted octanol–water partition coefficient (Wildman–Crippen LogP) is 1.84. The van der Waals surface area contributed by atoms with Crippen LogP contribution in [0.2, 0.25) is 0 Å². The average molecular weight is 256 g/mol. The van der Waals surface area contributed by atoms with Crippen molar-refractivity contribution in [3.05, 3.63) is 0 Å². The van der Waals surface area contributed by atoms with Gasteiger partial charge < -0.3 is 9.47 Å². The van der Waals surface area contributed by atoms with Crippen LogP contribution in [0, 0.1) is 11.8 Å². The Labute approximate surface area is 111 Å². The Morgan fingerprint density at radius 3 is 2.33 bits per heavy atom. The van der Waals surface area contributed by atoms with Gasteiger partial charge in [0.05, 0.1) is 17.3 Å². The maximum Gasteiger partial charge on any atom is 0.0678 e. The first-order valence-electron chi connectivity index (χ1n) is 7.05. The molecular formula is C14H28N2O2. The summed E-state index contributed by atoms with van der Waals surface area (Å²) in [6, 6.07) is 0.263. The van der Waals surface area contributed by atoms with Crippen molar-refractivity contribution in [2.24, 2.45) is 17.7 Å². The molecule has 2 rings (SSSR count). The van der Waals surface area contributed by atoms with Crippen molar-refractivity contribution >= 4 is 0 Å². The Bertz CT molecular complexity index is 304. The molecule has 106 valence electrons. The van der Waals surface area contributed by atoms with Crippen molar-refractivity contribution in [2.75, 3.05) is 6.61 Å². The quantitative estimate of drug-likeness (QED) is 0.597. The Balaban J connectivity index is 2.17. The summed E-state index contributed by atoms with van der Waals surface area (Å²) in [4.78, 5) is 0. The lowest BCUT2D eigenvalue weighted by molar-refractivity contribution is -0.0805. The molecule has 4 unspecified atom stereocenters. The normalized spacial score (nSPS) is 40.0. The molecule has 4 heteroatoms. The molecule has 2 aliphatic heterocycles. The number of hydrogen-bond acceptors (Lipinski definition) is 4. The largest absolute Gasteiger partial charge is 0.378 e. The summed E-state index contributed by atoms with van der Waals surface area (Å²) in [5.74, 6) is 6.75. The van der Waals surface area contributed by atoms with Crippen LogP contribution >= 0.6 is 0 Å². The molecule has 0 bridgehead atoms. The molecule has 2 aliphatic rings. The van der Waals surface area contributed by atoms with Crippen molar-refractivity contribution in [3.63, 3.8) is 0 Å². The lowest BCUT2D eigenvalue weighted by Crippen LogP contribution is -2.52. The summed E-state index contributed by atoms with van der Waals surface area (Å²) in [6.45, 7) is 11.7. The fourth-order valence-corrected chi connectivity index (χ4v) is 3.92. The third-order valence-electron chi connectivity index (χ3n) is 4.67. The molecule has 0 amide bonds. The Kier molecular flexibility index (Phi) is 3.76. The summed E-state index contributed by atoms with van der Waals surface area (Å²) in [5.41, 5.74) is 2.85. The van der Waals surface area contributed by atoms with Crippen LogP contribution in [0.15, 0.2) is 0 Å². The average Bonchev–Trinajstić information content (AvgIpc) is 2.71. The fourth-order valence-electron chi connectivity index (χ4n) is 3.92. The minimum Gasteiger partial charge on any atom is -0.378 e. The van der Waals surface area contributed by atoms with Crippen molar-refractivity contribution in [3.8, 4) is 0 Å². The second kappa shape index (κ2) is 4.75. The lowest BCUT2D eigenvalue weighted by Gasteiger charge is -2.36. The van der Waals surface area contributed by atoms with E-state index in [0.717, 1.165) is 19.4 Å². The van der Waals surface area contributed by atoms with Crippen molar-refractivity contribution in [1.29, 1.82) is 0 Å². The number of nitrogens with one attached hydrogen (secondary N) is 1. The van der Waals surface area contributed by atoms with E-state index in [-0.39, 0.29) is 23.3 Å².